The summed E-state index contributed by atoms with van der Waals surface area (Å²) in [7, 11) is 0. The molecule has 32 valence electrons. The summed E-state index contributed by atoms with van der Waals surface area (Å²) in [6.07, 6.45) is 6.50. The molecule has 0 aliphatic heterocycles. The second-order valence-electron chi connectivity index (χ2n) is 1.22. The summed E-state index contributed by atoms with van der Waals surface area (Å²) in [6, 6.07) is 0. The van der Waals surface area contributed by atoms with Gasteiger partial charge in [-0.2, -0.15) is 12.8 Å². The molecule has 0 aromatic heterocycles. The van der Waals surface area contributed by atoms with E-state index >= 15 is 0 Å². The Balaban J connectivity index is 0. The van der Waals surface area contributed by atoms with E-state index in [1.807, 2.05) is 0 Å². The third kappa shape index (κ3) is 3.54. The van der Waals surface area contributed by atoms with Gasteiger partial charge in [0.05, 0.1) is 0 Å². The Morgan fingerprint density at radius 3 is 1.33 bits per heavy atom. The molecule has 0 aromatic carbocycles. The fourth-order valence-electron chi connectivity index (χ4n) is 0.204. The predicted molar refractivity (Wildman–Crippen MR) is 18.2 cm³/mol. The summed E-state index contributed by atoms with van der Waals surface area (Å²) >= 11 is 0. The third-order valence-corrected chi connectivity index (χ3v) is 0.816. The van der Waals surface area contributed by atoms with Gasteiger partial charge in [0.2, 0.25) is 0 Å². The quantitative estimate of drug-likeness (QED) is 0.274. The molecule has 0 saturated heterocycles. The monoisotopic (exact) mass is 246 g/mol. The van der Waals surface area contributed by atoms with Gasteiger partial charge in [0, 0.05) is 0 Å². The molecule has 1 saturated carbocycles. The van der Waals surface area contributed by atoms with Gasteiger partial charge in [-0.3, -0.25) is 0 Å². The summed E-state index contributed by atoms with van der Waals surface area (Å²) in [5.41, 5.74) is 0. The van der Waals surface area contributed by atoms with Gasteiger partial charge in [-0.05, 0) is 0 Å². The van der Waals surface area contributed by atoms with Gasteiger partial charge >= 0.3 is 19.5 Å². The van der Waals surface area contributed by atoms with E-state index in [1.165, 1.54) is 19.3 Å². The van der Waals surface area contributed by atoms with E-state index in [4.69, 9.17) is 0 Å². The Kier molecular flexibility index (Phi) is 11.0. The average molecular weight is 247 g/mol. The molecule has 0 N–H and O–H groups in total. The van der Waals surface area contributed by atoms with Crippen LogP contribution in [0.5, 0.6) is 0 Å². The van der Waals surface area contributed by atoms with Crippen molar-refractivity contribution >= 4 is 0 Å². The molecule has 1 aliphatic carbocycles. The first-order valence-corrected chi connectivity index (χ1v) is 1.82. The standard InChI is InChI=1S/C4H7.HI.Zn/c1-2-4-3-1;;/h1H,2-4H2;1H;/q-1;;+2/p-1. The molecular weight excluding hydrogens is 240 g/mol. The molecule has 0 atom stereocenters. The molecule has 0 heterocycles. The van der Waals surface area contributed by atoms with E-state index in [0.717, 1.165) is 0 Å². The van der Waals surface area contributed by atoms with Crippen molar-refractivity contribution in [2.75, 3.05) is 0 Å². The maximum absolute atomic E-state index is 2.31. The van der Waals surface area contributed by atoms with Gasteiger partial charge < -0.3 is 30.4 Å². The number of hydrogen-bond acceptors (Lipinski definition) is 0. The van der Waals surface area contributed by atoms with Gasteiger partial charge in [0.15, 0.2) is 0 Å². The summed E-state index contributed by atoms with van der Waals surface area (Å²) in [4.78, 5) is 0. The van der Waals surface area contributed by atoms with Crippen LogP contribution in [0, 0.1) is 6.42 Å². The van der Waals surface area contributed by atoms with Crippen LogP contribution in [0.3, 0.4) is 0 Å². The second-order valence-corrected chi connectivity index (χ2v) is 1.22. The molecule has 0 amide bonds. The minimum Gasteiger partial charge on any atom is -1.00 e. The van der Waals surface area contributed by atoms with Crippen molar-refractivity contribution in [3.8, 4) is 0 Å². The molecule has 2 heteroatoms. The third-order valence-electron chi connectivity index (χ3n) is 0.816. The fraction of sp³-hybridized carbons (Fsp3) is 0.750. The van der Waals surface area contributed by atoms with Gasteiger partial charge in [0.25, 0.3) is 0 Å². The van der Waals surface area contributed by atoms with E-state index < -0.39 is 0 Å². The van der Waals surface area contributed by atoms with E-state index in [2.05, 4.69) is 6.42 Å². The minimum absolute atomic E-state index is 0. The Hall–Kier alpha value is 1.35. The van der Waals surface area contributed by atoms with Gasteiger partial charge in [-0.15, -0.1) is 6.42 Å². The van der Waals surface area contributed by atoms with Gasteiger partial charge in [-0.25, -0.2) is 0 Å². The van der Waals surface area contributed by atoms with Crippen molar-refractivity contribution in [1.29, 1.82) is 0 Å². The normalized spacial score (nSPS) is 16.0. The van der Waals surface area contributed by atoms with Crippen molar-refractivity contribution < 1.29 is 43.5 Å². The van der Waals surface area contributed by atoms with Crippen molar-refractivity contribution in [3.05, 3.63) is 6.42 Å². The topological polar surface area (TPSA) is 0 Å². The fourth-order valence-corrected chi connectivity index (χ4v) is 0.204. The summed E-state index contributed by atoms with van der Waals surface area (Å²) in [6.45, 7) is 0. The first kappa shape index (κ1) is 10.4. The van der Waals surface area contributed by atoms with Crippen LogP contribution in [-0.4, -0.2) is 0 Å². The van der Waals surface area contributed by atoms with Crippen molar-refractivity contribution in [3.63, 3.8) is 0 Å². The molecule has 0 spiro atoms. The largest absolute Gasteiger partial charge is 2.00 e. The molecular formula is C4H7IZn. The van der Waals surface area contributed by atoms with Gasteiger partial charge in [-0.1, -0.05) is 0 Å². The maximum atomic E-state index is 2.31. The summed E-state index contributed by atoms with van der Waals surface area (Å²) in [5.74, 6) is 0. The maximum Gasteiger partial charge on any atom is 2.00 e. The van der Waals surface area contributed by atoms with Crippen molar-refractivity contribution in [1.82, 2.24) is 0 Å². The molecule has 0 bridgehead atoms. The van der Waals surface area contributed by atoms with Crippen LogP contribution in [0.2, 0.25) is 0 Å². The molecule has 1 rings (SSSR count). The number of rotatable bonds is 0. The number of halogens is 1. The second kappa shape index (κ2) is 6.35. The molecule has 1 aliphatic rings. The van der Waals surface area contributed by atoms with Crippen LogP contribution in [0.25, 0.3) is 0 Å². The molecule has 0 nitrogen and oxygen atoms in total. The van der Waals surface area contributed by atoms with Crippen LogP contribution in [0.1, 0.15) is 19.3 Å². The predicted octanol–water partition coefficient (Wildman–Crippen LogP) is -1.62. The van der Waals surface area contributed by atoms with Crippen LogP contribution >= 0.6 is 0 Å². The van der Waals surface area contributed by atoms with Crippen LogP contribution in [0.4, 0.5) is 0 Å². The smallest absolute Gasteiger partial charge is 1.00 e. The van der Waals surface area contributed by atoms with E-state index in [-0.39, 0.29) is 43.5 Å². The Morgan fingerprint density at radius 1 is 1.17 bits per heavy atom. The molecule has 0 radical (unpaired) electrons. The average Bonchev–Trinajstić information content (AvgIpc) is 0.722. The Morgan fingerprint density at radius 2 is 1.33 bits per heavy atom. The summed E-state index contributed by atoms with van der Waals surface area (Å²) < 4.78 is 0. The van der Waals surface area contributed by atoms with Gasteiger partial charge in [0.1, 0.15) is 0 Å². The van der Waals surface area contributed by atoms with Crippen LogP contribution in [0.15, 0.2) is 0 Å². The van der Waals surface area contributed by atoms with Crippen molar-refractivity contribution in [2.24, 2.45) is 0 Å². The van der Waals surface area contributed by atoms with E-state index in [0.29, 0.717) is 0 Å². The first-order valence-electron chi connectivity index (χ1n) is 1.82. The summed E-state index contributed by atoms with van der Waals surface area (Å²) in [5, 5.41) is 0. The minimum atomic E-state index is 0. The molecule has 0 aromatic rings. The zero-order valence-corrected chi connectivity index (χ0v) is 8.91. The molecule has 0 unspecified atom stereocenters. The first-order chi connectivity index (χ1) is 2.00. The number of hydrogen-bond donors (Lipinski definition) is 0. The zero-order chi connectivity index (χ0) is 2.83. The van der Waals surface area contributed by atoms with E-state index in [9.17, 15) is 0 Å². The van der Waals surface area contributed by atoms with Crippen LogP contribution < -0.4 is 24.0 Å². The molecule has 6 heavy (non-hydrogen) atoms. The Bertz CT molecular complexity index is 15.5. The zero-order valence-electron chi connectivity index (χ0n) is 3.78. The van der Waals surface area contributed by atoms with Crippen LogP contribution in [-0.2, 0) is 19.5 Å². The van der Waals surface area contributed by atoms with Crippen molar-refractivity contribution in [2.45, 2.75) is 19.3 Å². The SMILES string of the molecule is [CH-]1CCC1.[I-].[Zn+2]. The van der Waals surface area contributed by atoms with E-state index in [1.54, 1.807) is 0 Å². The molecule has 1 fully saturated rings. The Labute approximate surface area is 68.9 Å².